The summed E-state index contributed by atoms with van der Waals surface area (Å²) in [5.74, 6) is -0.204. The minimum atomic E-state index is -0.204. The van der Waals surface area contributed by atoms with Gasteiger partial charge in [0, 0.05) is 19.8 Å². The van der Waals surface area contributed by atoms with Crippen LogP contribution in [-0.2, 0) is 20.0 Å². The molecule has 0 aliphatic rings. The van der Waals surface area contributed by atoms with Crippen molar-refractivity contribution in [2.45, 2.75) is 19.9 Å². The van der Waals surface area contributed by atoms with E-state index in [1.807, 2.05) is 13.2 Å². The lowest BCUT2D eigenvalue weighted by Gasteiger charge is -2.05. The van der Waals surface area contributed by atoms with Gasteiger partial charge in [0.2, 0.25) is 0 Å². The molecule has 0 saturated carbocycles. The van der Waals surface area contributed by atoms with E-state index in [1.54, 1.807) is 16.8 Å². The van der Waals surface area contributed by atoms with Gasteiger partial charge in [0.15, 0.2) is 0 Å². The number of hydrogen-bond donors (Lipinski definition) is 1. The Morgan fingerprint density at radius 3 is 2.65 bits per heavy atom. The Hall–Kier alpha value is -1.84. The first-order valence-electron chi connectivity index (χ1n) is 5.70. The Bertz CT molecular complexity index is 488. The van der Waals surface area contributed by atoms with E-state index in [0.717, 1.165) is 23.4 Å². The van der Waals surface area contributed by atoms with Gasteiger partial charge >= 0.3 is 0 Å². The van der Waals surface area contributed by atoms with E-state index in [9.17, 15) is 4.39 Å². The van der Waals surface area contributed by atoms with Gasteiger partial charge in [-0.1, -0.05) is 19.1 Å². The maximum atomic E-state index is 12.7. The number of nitrogens with one attached hydrogen (secondary N) is 1. The summed E-state index contributed by atoms with van der Waals surface area (Å²) in [6.45, 7) is 2.75. The molecule has 1 N–H and O–H groups in total. The highest BCUT2D eigenvalue weighted by atomic mass is 19.1. The maximum Gasteiger partial charge on any atom is 0.123 e. The topological polar surface area (TPSA) is 29.9 Å². The molecule has 0 radical (unpaired) electrons. The highest BCUT2D eigenvalue weighted by Crippen LogP contribution is 2.15. The first-order valence-corrected chi connectivity index (χ1v) is 5.70. The fraction of sp³-hybridized carbons (Fsp3) is 0.308. The molecule has 1 aromatic heterocycles. The lowest BCUT2D eigenvalue weighted by molar-refractivity contribution is 0.627. The minimum Gasteiger partial charge on any atom is -0.378 e. The Morgan fingerprint density at radius 1 is 1.29 bits per heavy atom. The first-order chi connectivity index (χ1) is 8.19. The van der Waals surface area contributed by atoms with Crippen molar-refractivity contribution in [2.75, 3.05) is 5.32 Å². The van der Waals surface area contributed by atoms with Crippen LogP contribution in [0.4, 0.5) is 10.1 Å². The Morgan fingerprint density at radius 2 is 2.00 bits per heavy atom. The molecule has 0 aliphatic carbocycles. The molecular weight excluding hydrogens is 217 g/mol. The first kappa shape index (κ1) is 11.6. The van der Waals surface area contributed by atoms with Crippen molar-refractivity contribution in [3.63, 3.8) is 0 Å². The van der Waals surface area contributed by atoms with Crippen molar-refractivity contribution >= 4 is 5.69 Å². The van der Waals surface area contributed by atoms with Crippen molar-refractivity contribution < 1.29 is 4.39 Å². The lowest BCUT2D eigenvalue weighted by Crippen LogP contribution is -2.00. The van der Waals surface area contributed by atoms with Crippen LogP contribution in [0.5, 0.6) is 0 Å². The molecule has 2 rings (SSSR count). The van der Waals surface area contributed by atoms with E-state index < -0.39 is 0 Å². The van der Waals surface area contributed by atoms with Crippen LogP contribution in [0.1, 0.15) is 18.2 Å². The summed E-state index contributed by atoms with van der Waals surface area (Å²) >= 11 is 0. The predicted octanol–water partition coefficient (Wildman–Crippen LogP) is 2.73. The molecule has 2 aromatic rings. The maximum absolute atomic E-state index is 12.7. The molecule has 1 aromatic carbocycles. The van der Waals surface area contributed by atoms with Gasteiger partial charge in [0.1, 0.15) is 5.82 Å². The van der Waals surface area contributed by atoms with Gasteiger partial charge < -0.3 is 5.32 Å². The van der Waals surface area contributed by atoms with Gasteiger partial charge in [-0.15, -0.1) is 0 Å². The van der Waals surface area contributed by atoms with E-state index in [2.05, 4.69) is 17.3 Å². The molecule has 0 unspecified atom stereocenters. The van der Waals surface area contributed by atoms with E-state index in [1.165, 1.54) is 12.1 Å². The summed E-state index contributed by atoms with van der Waals surface area (Å²) in [7, 11) is 1.90. The van der Waals surface area contributed by atoms with Crippen molar-refractivity contribution in [2.24, 2.45) is 7.05 Å². The van der Waals surface area contributed by atoms with Gasteiger partial charge in [0.05, 0.1) is 11.4 Å². The third-order valence-electron chi connectivity index (χ3n) is 2.64. The van der Waals surface area contributed by atoms with Crippen LogP contribution in [0.3, 0.4) is 0 Å². The second-order valence-electron chi connectivity index (χ2n) is 4.00. The smallest absolute Gasteiger partial charge is 0.123 e. The molecule has 0 atom stereocenters. The third-order valence-corrected chi connectivity index (χ3v) is 2.64. The molecule has 17 heavy (non-hydrogen) atoms. The van der Waals surface area contributed by atoms with E-state index >= 15 is 0 Å². The third kappa shape index (κ3) is 2.84. The van der Waals surface area contributed by atoms with Crippen molar-refractivity contribution in [3.8, 4) is 0 Å². The number of benzene rings is 1. The van der Waals surface area contributed by atoms with Gasteiger partial charge in [-0.25, -0.2) is 4.39 Å². The Kier molecular flexibility index (Phi) is 3.42. The quantitative estimate of drug-likeness (QED) is 0.880. The molecule has 0 aliphatic heterocycles. The molecule has 0 saturated heterocycles. The molecule has 0 fully saturated rings. The molecule has 1 heterocycles. The fourth-order valence-electron chi connectivity index (χ4n) is 1.74. The summed E-state index contributed by atoms with van der Waals surface area (Å²) in [4.78, 5) is 0. The standard InChI is InChI=1S/C13H16FN3/c1-3-12-13(9-17(2)16-12)15-8-10-4-6-11(14)7-5-10/h4-7,9,15H,3,8H2,1-2H3. The monoisotopic (exact) mass is 233 g/mol. The molecule has 3 nitrogen and oxygen atoms in total. The van der Waals surface area contributed by atoms with Crippen molar-refractivity contribution in [1.29, 1.82) is 0 Å². The van der Waals surface area contributed by atoms with E-state index in [0.29, 0.717) is 6.54 Å². The molecular formula is C13H16FN3. The zero-order valence-corrected chi connectivity index (χ0v) is 10.1. The van der Waals surface area contributed by atoms with E-state index in [-0.39, 0.29) is 5.82 Å². The number of aromatic nitrogens is 2. The van der Waals surface area contributed by atoms with Gasteiger partial charge in [-0.2, -0.15) is 5.10 Å². The second-order valence-corrected chi connectivity index (χ2v) is 4.00. The average Bonchev–Trinajstić information content (AvgIpc) is 2.69. The van der Waals surface area contributed by atoms with Crippen molar-refractivity contribution in [3.05, 3.63) is 47.5 Å². The fourth-order valence-corrected chi connectivity index (χ4v) is 1.74. The average molecular weight is 233 g/mol. The highest BCUT2D eigenvalue weighted by Gasteiger charge is 2.04. The normalized spacial score (nSPS) is 10.5. The zero-order chi connectivity index (χ0) is 12.3. The largest absolute Gasteiger partial charge is 0.378 e. The molecule has 4 heteroatoms. The summed E-state index contributed by atoms with van der Waals surface area (Å²) in [6, 6.07) is 6.51. The van der Waals surface area contributed by atoms with Gasteiger partial charge in [-0.05, 0) is 24.1 Å². The van der Waals surface area contributed by atoms with Crippen LogP contribution < -0.4 is 5.32 Å². The highest BCUT2D eigenvalue weighted by molar-refractivity contribution is 5.46. The molecule has 0 spiro atoms. The number of rotatable bonds is 4. The zero-order valence-electron chi connectivity index (χ0n) is 10.1. The number of nitrogens with zero attached hydrogens (tertiary/aromatic N) is 2. The predicted molar refractivity (Wildman–Crippen MR) is 66.3 cm³/mol. The second kappa shape index (κ2) is 4.99. The number of halogens is 1. The number of aryl methyl sites for hydroxylation is 2. The Balaban J connectivity index is 2.04. The summed E-state index contributed by atoms with van der Waals surface area (Å²) < 4.78 is 14.5. The molecule has 0 amide bonds. The van der Waals surface area contributed by atoms with Crippen LogP contribution in [-0.4, -0.2) is 9.78 Å². The number of hydrogen-bond acceptors (Lipinski definition) is 2. The van der Waals surface area contributed by atoms with Crippen LogP contribution in [0.2, 0.25) is 0 Å². The van der Waals surface area contributed by atoms with Gasteiger partial charge in [0.25, 0.3) is 0 Å². The van der Waals surface area contributed by atoms with Crippen LogP contribution in [0.25, 0.3) is 0 Å². The SMILES string of the molecule is CCc1nn(C)cc1NCc1ccc(F)cc1. The summed E-state index contributed by atoms with van der Waals surface area (Å²) in [5, 5.41) is 7.66. The molecule has 0 bridgehead atoms. The van der Waals surface area contributed by atoms with Crippen molar-refractivity contribution in [1.82, 2.24) is 9.78 Å². The van der Waals surface area contributed by atoms with Gasteiger partial charge in [-0.3, -0.25) is 4.68 Å². The van der Waals surface area contributed by atoms with Crippen LogP contribution in [0.15, 0.2) is 30.5 Å². The summed E-state index contributed by atoms with van der Waals surface area (Å²) in [5.41, 5.74) is 3.14. The molecule has 90 valence electrons. The number of anilines is 1. The lowest BCUT2D eigenvalue weighted by atomic mass is 10.2. The minimum absolute atomic E-state index is 0.204. The summed E-state index contributed by atoms with van der Waals surface area (Å²) in [6.07, 6.45) is 2.86. The Labute approximate surface area is 100 Å². The van der Waals surface area contributed by atoms with E-state index in [4.69, 9.17) is 0 Å². The van der Waals surface area contributed by atoms with Crippen LogP contribution in [0, 0.1) is 5.82 Å². The van der Waals surface area contributed by atoms with Crippen LogP contribution >= 0.6 is 0 Å².